The molecule has 3 aliphatic rings. The number of carbonyl (C=O) groups excluding carboxylic acids is 2. The molecule has 0 radical (unpaired) electrons. The Labute approximate surface area is 134 Å². The molecule has 122 valence electrons. The normalized spacial score (nSPS) is 47.5. The van der Waals surface area contributed by atoms with Gasteiger partial charge in [0, 0.05) is 24.7 Å². The second kappa shape index (κ2) is 4.79. The summed E-state index contributed by atoms with van der Waals surface area (Å²) in [7, 11) is 0. The Morgan fingerprint density at radius 1 is 1.09 bits per heavy atom. The molecule has 0 aliphatic heterocycles. The number of carbonyl (C=O) groups is 2. The minimum Gasteiger partial charge on any atom is -0.299 e. The molecule has 22 heavy (non-hydrogen) atoms. The first-order chi connectivity index (χ1) is 10.1. The number of allylic oxidation sites excluding steroid dienone is 1. The van der Waals surface area contributed by atoms with Gasteiger partial charge in [-0.1, -0.05) is 40.2 Å². The van der Waals surface area contributed by atoms with Gasteiger partial charge in [0.15, 0.2) is 0 Å². The van der Waals surface area contributed by atoms with Crippen molar-refractivity contribution in [2.75, 3.05) is 0 Å². The van der Waals surface area contributed by atoms with E-state index in [1.54, 1.807) is 0 Å². The summed E-state index contributed by atoms with van der Waals surface area (Å²) in [5.41, 5.74) is -0.00566. The average Bonchev–Trinajstić information content (AvgIpc) is 2.40. The highest BCUT2D eigenvalue weighted by atomic mass is 16.1. The SMILES string of the molecule is C=C[C@@]1(C)CC(=O)[C@H]2[C@H](C1)C(=O)C[C@H]1C(C)(C)CCC[C@]21C. The zero-order chi connectivity index (χ0) is 16.3. The van der Waals surface area contributed by atoms with Gasteiger partial charge in [-0.25, -0.2) is 0 Å². The molecule has 0 bridgehead atoms. The molecule has 5 atom stereocenters. The molecule has 3 aliphatic carbocycles. The Hall–Kier alpha value is -0.920. The molecule has 0 N–H and O–H groups in total. The monoisotopic (exact) mass is 302 g/mol. The number of fused-ring (bicyclic) bond motifs is 3. The van der Waals surface area contributed by atoms with Crippen molar-refractivity contribution in [1.82, 2.24) is 0 Å². The van der Waals surface area contributed by atoms with E-state index >= 15 is 0 Å². The van der Waals surface area contributed by atoms with Crippen molar-refractivity contribution in [2.24, 2.45) is 34.0 Å². The summed E-state index contributed by atoms with van der Waals surface area (Å²) in [5, 5.41) is 0. The third kappa shape index (κ3) is 2.13. The second-order valence-corrected chi connectivity index (χ2v) is 9.36. The molecule has 0 amide bonds. The van der Waals surface area contributed by atoms with Crippen LogP contribution in [0, 0.1) is 34.0 Å². The molecule has 0 aromatic rings. The third-order valence-electron chi connectivity index (χ3n) is 7.31. The second-order valence-electron chi connectivity index (χ2n) is 9.36. The van der Waals surface area contributed by atoms with E-state index in [1.807, 2.05) is 6.08 Å². The highest BCUT2D eigenvalue weighted by Crippen LogP contribution is 2.63. The molecule has 0 aromatic carbocycles. The number of ketones is 2. The number of hydrogen-bond acceptors (Lipinski definition) is 2. The van der Waals surface area contributed by atoms with E-state index in [-0.39, 0.29) is 28.1 Å². The van der Waals surface area contributed by atoms with E-state index in [4.69, 9.17) is 0 Å². The van der Waals surface area contributed by atoms with E-state index < -0.39 is 0 Å². The lowest BCUT2D eigenvalue weighted by Gasteiger charge is -2.60. The Bertz CT molecular complexity index is 532. The van der Waals surface area contributed by atoms with E-state index in [0.717, 1.165) is 12.8 Å². The Morgan fingerprint density at radius 2 is 1.77 bits per heavy atom. The molecule has 3 fully saturated rings. The van der Waals surface area contributed by atoms with E-state index in [0.29, 0.717) is 30.3 Å². The van der Waals surface area contributed by atoms with Crippen molar-refractivity contribution >= 4 is 11.6 Å². The predicted molar refractivity (Wildman–Crippen MR) is 88.4 cm³/mol. The van der Waals surface area contributed by atoms with Gasteiger partial charge >= 0.3 is 0 Å². The van der Waals surface area contributed by atoms with Gasteiger partial charge in [0.25, 0.3) is 0 Å². The standard InChI is InChI=1S/C20H30O2/c1-6-19(4)11-13-14(21)10-16-18(2,3)8-7-9-20(16,5)17(13)15(22)12-19/h6,13,16-17H,1,7-12H2,2-5H3/t13-,16+,17-,19-,20+/m1/s1. The molecular formula is C20H30O2. The van der Waals surface area contributed by atoms with Gasteiger partial charge in [-0.3, -0.25) is 9.59 Å². The van der Waals surface area contributed by atoms with E-state index in [1.165, 1.54) is 12.8 Å². The van der Waals surface area contributed by atoms with Crippen LogP contribution in [0.25, 0.3) is 0 Å². The summed E-state index contributed by atoms with van der Waals surface area (Å²) in [4.78, 5) is 25.9. The predicted octanol–water partition coefficient (Wildman–Crippen LogP) is 4.58. The van der Waals surface area contributed by atoms with Crippen LogP contribution in [0.2, 0.25) is 0 Å². The zero-order valence-electron chi connectivity index (χ0n) is 14.6. The molecule has 2 nitrogen and oxygen atoms in total. The van der Waals surface area contributed by atoms with Gasteiger partial charge in [0.1, 0.15) is 11.6 Å². The van der Waals surface area contributed by atoms with Gasteiger partial charge in [-0.2, -0.15) is 0 Å². The molecule has 2 heteroatoms. The van der Waals surface area contributed by atoms with Crippen LogP contribution in [0.15, 0.2) is 12.7 Å². The summed E-state index contributed by atoms with van der Waals surface area (Å²) in [6.45, 7) is 12.9. The first-order valence-corrected chi connectivity index (χ1v) is 8.82. The van der Waals surface area contributed by atoms with Gasteiger partial charge in [-0.15, -0.1) is 6.58 Å². The lowest BCUT2D eigenvalue weighted by Crippen LogP contribution is -2.59. The van der Waals surface area contributed by atoms with Crippen LogP contribution in [0.5, 0.6) is 0 Å². The first kappa shape index (κ1) is 16.0. The largest absolute Gasteiger partial charge is 0.299 e. The molecule has 0 heterocycles. The van der Waals surface area contributed by atoms with Crippen LogP contribution in [0.4, 0.5) is 0 Å². The lowest BCUT2D eigenvalue weighted by molar-refractivity contribution is -0.166. The summed E-state index contributed by atoms with van der Waals surface area (Å²) < 4.78 is 0. The third-order valence-corrected chi connectivity index (χ3v) is 7.31. The maximum atomic E-state index is 13.0. The van der Waals surface area contributed by atoms with Crippen molar-refractivity contribution in [1.29, 1.82) is 0 Å². The van der Waals surface area contributed by atoms with Crippen LogP contribution >= 0.6 is 0 Å². The maximum Gasteiger partial charge on any atom is 0.138 e. The van der Waals surface area contributed by atoms with E-state index in [9.17, 15) is 9.59 Å². The summed E-state index contributed by atoms with van der Waals surface area (Å²) in [6.07, 6.45) is 7.41. The number of Topliss-reactive ketones (excluding diaryl/α,β-unsaturated/α-hetero) is 2. The number of hydrogen-bond donors (Lipinski definition) is 0. The Kier molecular flexibility index (Phi) is 3.47. The fraction of sp³-hybridized carbons (Fsp3) is 0.800. The molecule has 0 unspecified atom stereocenters. The van der Waals surface area contributed by atoms with Crippen molar-refractivity contribution in [3.63, 3.8) is 0 Å². The quantitative estimate of drug-likeness (QED) is 0.664. The maximum absolute atomic E-state index is 13.0. The first-order valence-electron chi connectivity index (χ1n) is 8.82. The minimum atomic E-state index is -0.193. The Balaban J connectivity index is 2.03. The lowest BCUT2D eigenvalue weighted by atomic mass is 9.43. The van der Waals surface area contributed by atoms with Crippen molar-refractivity contribution in [2.45, 2.75) is 66.2 Å². The van der Waals surface area contributed by atoms with Gasteiger partial charge in [-0.05, 0) is 41.4 Å². The van der Waals surface area contributed by atoms with Crippen LogP contribution < -0.4 is 0 Å². The topological polar surface area (TPSA) is 34.1 Å². The summed E-state index contributed by atoms with van der Waals surface area (Å²) >= 11 is 0. The van der Waals surface area contributed by atoms with Gasteiger partial charge in [0.2, 0.25) is 0 Å². The minimum absolute atomic E-state index is 0.0138. The highest BCUT2D eigenvalue weighted by Gasteiger charge is 2.61. The van der Waals surface area contributed by atoms with Crippen LogP contribution in [-0.4, -0.2) is 11.6 Å². The van der Waals surface area contributed by atoms with Crippen LogP contribution in [-0.2, 0) is 9.59 Å². The van der Waals surface area contributed by atoms with E-state index in [2.05, 4.69) is 34.3 Å². The molecular weight excluding hydrogens is 272 g/mol. The van der Waals surface area contributed by atoms with Crippen molar-refractivity contribution in [3.8, 4) is 0 Å². The van der Waals surface area contributed by atoms with Crippen LogP contribution in [0.1, 0.15) is 66.2 Å². The Morgan fingerprint density at radius 3 is 2.41 bits per heavy atom. The molecule has 3 saturated carbocycles. The fourth-order valence-corrected chi connectivity index (χ4v) is 6.11. The molecule has 0 saturated heterocycles. The average molecular weight is 302 g/mol. The zero-order valence-corrected chi connectivity index (χ0v) is 14.6. The highest BCUT2D eigenvalue weighted by molar-refractivity contribution is 5.93. The molecule has 0 aromatic heterocycles. The van der Waals surface area contributed by atoms with Gasteiger partial charge in [0.05, 0.1) is 0 Å². The molecule has 3 rings (SSSR count). The van der Waals surface area contributed by atoms with Crippen molar-refractivity contribution < 1.29 is 9.59 Å². The summed E-state index contributed by atoms with van der Waals surface area (Å²) in [5.74, 6) is 0.894. The fourth-order valence-electron chi connectivity index (χ4n) is 6.11. The van der Waals surface area contributed by atoms with Crippen LogP contribution in [0.3, 0.4) is 0 Å². The molecule has 0 spiro atoms. The van der Waals surface area contributed by atoms with Crippen molar-refractivity contribution in [3.05, 3.63) is 12.7 Å². The van der Waals surface area contributed by atoms with Gasteiger partial charge < -0.3 is 0 Å². The smallest absolute Gasteiger partial charge is 0.138 e. The number of rotatable bonds is 1. The summed E-state index contributed by atoms with van der Waals surface area (Å²) in [6, 6.07) is 0.